The Hall–Kier alpha value is -3.15. The molecule has 2 fully saturated rings. The van der Waals surface area contributed by atoms with Crippen molar-refractivity contribution in [2.24, 2.45) is 0 Å². The number of thioether (sulfide) groups is 1. The normalized spacial score (nSPS) is 24.0. The number of ether oxygens (including phenoxy) is 2. The average Bonchev–Trinajstić information content (AvgIpc) is 3.62. The second kappa shape index (κ2) is 11.3. The maximum atomic E-state index is 15.0. The lowest BCUT2D eigenvalue weighted by atomic mass is 9.96. The molecular formula is C28H31FN4O4S. The summed E-state index contributed by atoms with van der Waals surface area (Å²) in [4.78, 5) is 14.1. The molecule has 0 saturated carbocycles. The molecule has 2 N–H and O–H groups in total. The summed E-state index contributed by atoms with van der Waals surface area (Å²) < 4.78 is 25.3. The summed E-state index contributed by atoms with van der Waals surface area (Å²) in [5.41, 5.74) is 1.76. The predicted molar refractivity (Wildman–Crippen MR) is 141 cm³/mol. The summed E-state index contributed by atoms with van der Waals surface area (Å²) in [6.07, 6.45) is -1.53. The highest BCUT2D eigenvalue weighted by atomic mass is 32.2. The Kier molecular flexibility index (Phi) is 8.29. The molecule has 2 unspecified atom stereocenters. The van der Waals surface area contributed by atoms with Gasteiger partial charge in [-0.15, -0.1) is 11.8 Å². The van der Waals surface area contributed by atoms with E-state index in [0.29, 0.717) is 36.3 Å². The van der Waals surface area contributed by atoms with Crippen LogP contribution in [0.15, 0.2) is 42.5 Å². The van der Waals surface area contributed by atoms with E-state index < -0.39 is 40.0 Å². The van der Waals surface area contributed by atoms with Crippen LogP contribution in [0.5, 0.6) is 0 Å². The topological polar surface area (TPSA) is 119 Å². The van der Waals surface area contributed by atoms with E-state index in [9.17, 15) is 15.2 Å². The molecule has 200 valence electrons. The van der Waals surface area contributed by atoms with E-state index >= 15 is 4.39 Å². The minimum absolute atomic E-state index is 0.144. The number of aliphatic hydroxyl groups excluding tert-OH is 1. The molecule has 1 amide bonds. The van der Waals surface area contributed by atoms with Gasteiger partial charge in [0.2, 0.25) is 0 Å². The zero-order valence-corrected chi connectivity index (χ0v) is 22.4. The van der Waals surface area contributed by atoms with Crippen LogP contribution in [0.1, 0.15) is 38.3 Å². The number of amides is 1. The van der Waals surface area contributed by atoms with Crippen molar-refractivity contribution in [1.29, 1.82) is 10.5 Å². The van der Waals surface area contributed by atoms with Crippen molar-refractivity contribution in [3.8, 4) is 23.3 Å². The van der Waals surface area contributed by atoms with Crippen LogP contribution < -0.4 is 5.32 Å². The third kappa shape index (κ3) is 6.64. The van der Waals surface area contributed by atoms with E-state index in [1.165, 1.54) is 22.7 Å². The molecule has 2 heterocycles. The summed E-state index contributed by atoms with van der Waals surface area (Å²) in [7, 11) is 0. The number of hydrogen-bond acceptors (Lipinski definition) is 8. The number of carbonyl (C=O) groups is 1. The van der Waals surface area contributed by atoms with Crippen molar-refractivity contribution in [1.82, 2.24) is 10.2 Å². The first-order valence-corrected chi connectivity index (χ1v) is 13.3. The maximum absolute atomic E-state index is 15.0. The van der Waals surface area contributed by atoms with Crippen molar-refractivity contribution in [3.63, 3.8) is 0 Å². The molecule has 2 aromatic rings. The molecule has 2 aromatic carbocycles. The van der Waals surface area contributed by atoms with Gasteiger partial charge >= 0.3 is 6.09 Å². The molecule has 0 bridgehead atoms. The second-order valence-corrected chi connectivity index (χ2v) is 11.9. The first-order chi connectivity index (χ1) is 18.0. The van der Waals surface area contributed by atoms with Gasteiger partial charge in [-0.1, -0.05) is 24.3 Å². The standard InChI is InChI=1S/C28H31FN4O4S/c1-27(2,3)37-26(35)33-11-4-12-36-23(16-33)24(34)32-25-28(17-31,38-25)14-21-10-9-20(13-22(21)29)19-7-5-18(15-30)6-8-19/h5-10,13,23-25,32,34H,4,11-12,14,16H2,1-3H3/t23-,24?,25?,28-/m0/s1. The van der Waals surface area contributed by atoms with Gasteiger partial charge in [0, 0.05) is 19.6 Å². The Bertz CT molecular complexity index is 1250. The first-order valence-electron chi connectivity index (χ1n) is 12.5. The number of benzene rings is 2. The van der Waals surface area contributed by atoms with Crippen LogP contribution in [0.3, 0.4) is 0 Å². The SMILES string of the molecule is CC(C)(C)OC(=O)N1CCCO[C@H](C(O)NC2S[C@]2(C#N)Cc2ccc(-c3ccc(C#N)cc3)cc2F)C1. The molecule has 0 aliphatic carbocycles. The largest absolute Gasteiger partial charge is 0.444 e. The molecule has 0 aromatic heterocycles. The first kappa shape index (κ1) is 27.9. The number of nitriles is 2. The van der Waals surface area contributed by atoms with Gasteiger partial charge in [0.15, 0.2) is 0 Å². The molecular weight excluding hydrogens is 507 g/mol. The van der Waals surface area contributed by atoms with Crippen LogP contribution >= 0.6 is 11.8 Å². The van der Waals surface area contributed by atoms with E-state index in [-0.39, 0.29) is 13.0 Å². The van der Waals surface area contributed by atoms with Gasteiger partial charge in [0.05, 0.1) is 29.6 Å². The Labute approximate surface area is 226 Å². The Morgan fingerprint density at radius 2 is 2.00 bits per heavy atom. The highest BCUT2D eigenvalue weighted by Gasteiger charge is 2.57. The zero-order valence-electron chi connectivity index (χ0n) is 21.6. The number of halogens is 1. The van der Waals surface area contributed by atoms with E-state index in [0.717, 1.165) is 5.56 Å². The minimum Gasteiger partial charge on any atom is -0.444 e. The number of rotatable bonds is 6. The third-order valence-electron chi connectivity index (χ3n) is 6.37. The van der Waals surface area contributed by atoms with Gasteiger partial charge in [-0.25, -0.2) is 9.18 Å². The number of carbonyl (C=O) groups excluding carboxylic acids is 1. The molecule has 4 rings (SSSR count). The summed E-state index contributed by atoms with van der Waals surface area (Å²) in [6.45, 7) is 6.36. The van der Waals surface area contributed by atoms with Crippen LogP contribution in [0.25, 0.3) is 11.1 Å². The van der Waals surface area contributed by atoms with Crippen LogP contribution in [0.2, 0.25) is 0 Å². The minimum atomic E-state index is -1.13. The average molecular weight is 539 g/mol. The Morgan fingerprint density at radius 1 is 1.29 bits per heavy atom. The lowest BCUT2D eigenvalue weighted by molar-refractivity contribution is -0.0537. The summed E-state index contributed by atoms with van der Waals surface area (Å²) in [5, 5.41) is 32.3. The molecule has 2 saturated heterocycles. The van der Waals surface area contributed by atoms with Gasteiger partial charge in [-0.3, -0.25) is 5.32 Å². The van der Waals surface area contributed by atoms with E-state index in [4.69, 9.17) is 14.7 Å². The highest BCUT2D eigenvalue weighted by molar-refractivity contribution is 8.09. The molecule has 2 aliphatic rings. The predicted octanol–water partition coefficient (Wildman–Crippen LogP) is 4.18. The summed E-state index contributed by atoms with van der Waals surface area (Å²) in [6, 6.07) is 16.1. The van der Waals surface area contributed by atoms with Gasteiger partial charge in [0.25, 0.3) is 0 Å². The summed E-state index contributed by atoms with van der Waals surface area (Å²) >= 11 is 1.31. The molecule has 38 heavy (non-hydrogen) atoms. The maximum Gasteiger partial charge on any atom is 0.410 e. The number of nitrogens with zero attached hydrogens (tertiary/aromatic N) is 3. The fourth-order valence-corrected chi connectivity index (χ4v) is 5.35. The van der Waals surface area contributed by atoms with E-state index in [1.54, 1.807) is 57.2 Å². The lowest BCUT2D eigenvalue weighted by Gasteiger charge is -2.29. The smallest absolute Gasteiger partial charge is 0.410 e. The molecule has 4 atom stereocenters. The summed E-state index contributed by atoms with van der Waals surface area (Å²) in [5.74, 6) is -0.423. The van der Waals surface area contributed by atoms with Gasteiger partial charge in [-0.2, -0.15) is 10.5 Å². The monoisotopic (exact) mass is 538 g/mol. The van der Waals surface area contributed by atoms with Crippen molar-refractivity contribution >= 4 is 17.9 Å². The lowest BCUT2D eigenvalue weighted by Crippen LogP contribution is -2.50. The number of aliphatic hydroxyl groups is 1. The Morgan fingerprint density at radius 3 is 2.63 bits per heavy atom. The fourth-order valence-electron chi connectivity index (χ4n) is 4.29. The van der Waals surface area contributed by atoms with Crippen molar-refractivity contribution in [3.05, 3.63) is 59.4 Å². The van der Waals surface area contributed by atoms with Crippen molar-refractivity contribution < 1.29 is 23.8 Å². The zero-order chi connectivity index (χ0) is 27.5. The molecule has 0 radical (unpaired) electrons. The van der Waals surface area contributed by atoms with E-state index in [1.807, 2.05) is 0 Å². The van der Waals surface area contributed by atoms with Gasteiger partial charge in [0.1, 0.15) is 28.5 Å². The number of hydrogen-bond donors (Lipinski definition) is 2. The van der Waals surface area contributed by atoms with Crippen LogP contribution in [0.4, 0.5) is 9.18 Å². The molecule has 10 heteroatoms. The molecule has 0 spiro atoms. The van der Waals surface area contributed by atoms with Crippen LogP contribution in [-0.4, -0.2) is 63.8 Å². The molecule has 2 aliphatic heterocycles. The van der Waals surface area contributed by atoms with Crippen LogP contribution in [-0.2, 0) is 15.9 Å². The van der Waals surface area contributed by atoms with E-state index in [2.05, 4.69) is 17.5 Å². The van der Waals surface area contributed by atoms with Crippen molar-refractivity contribution in [2.45, 2.75) is 61.7 Å². The van der Waals surface area contributed by atoms with Crippen LogP contribution in [0, 0.1) is 28.5 Å². The fraction of sp³-hybridized carbons (Fsp3) is 0.464. The highest BCUT2D eigenvalue weighted by Crippen LogP contribution is 2.54. The Balaban J connectivity index is 1.38. The molecule has 8 nitrogen and oxygen atoms in total. The second-order valence-electron chi connectivity index (χ2n) is 10.5. The van der Waals surface area contributed by atoms with Gasteiger partial charge < -0.3 is 19.5 Å². The van der Waals surface area contributed by atoms with Crippen molar-refractivity contribution in [2.75, 3.05) is 19.7 Å². The third-order valence-corrected chi connectivity index (χ3v) is 7.78. The quantitative estimate of drug-likeness (QED) is 0.416. The van der Waals surface area contributed by atoms with Gasteiger partial charge in [-0.05, 0) is 62.1 Å². The number of nitrogens with one attached hydrogen (secondary N) is 1.